The summed E-state index contributed by atoms with van der Waals surface area (Å²) in [6.07, 6.45) is 3.54. The minimum Gasteiger partial charge on any atom is -0.330 e. The molecule has 2 rings (SSSR count). The van der Waals surface area contributed by atoms with Crippen LogP contribution in [0.15, 0.2) is 29.2 Å². The Kier molecular flexibility index (Phi) is 4.69. The molecule has 0 amide bonds. The molecule has 0 aromatic heterocycles. The molecule has 0 fully saturated rings. The Balaban J connectivity index is 1.91. The Morgan fingerprint density at radius 3 is 3.06 bits per heavy atom. The third kappa shape index (κ3) is 3.00. The summed E-state index contributed by atoms with van der Waals surface area (Å²) < 4.78 is 0. The van der Waals surface area contributed by atoms with Crippen LogP contribution in [0.25, 0.3) is 0 Å². The fourth-order valence-corrected chi connectivity index (χ4v) is 3.22. The molecule has 1 aliphatic rings. The molecular formula is C13H20N2S. The minimum absolute atomic E-state index is 0.551. The summed E-state index contributed by atoms with van der Waals surface area (Å²) in [5.41, 5.74) is 6.97. The maximum atomic E-state index is 5.49. The first-order valence-electron chi connectivity index (χ1n) is 6.07. The zero-order valence-electron chi connectivity index (χ0n) is 9.61. The van der Waals surface area contributed by atoms with Gasteiger partial charge in [-0.3, -0.25) is 0 Å². The van der Waals surface area contributed by atoms with Gasteiger partial charge in [-0.2, -0.15) is 0 Å². The lowest BCUT2D eigenvalue weighted by Gasteiger charge is -2.26. The van der Waals surface area contributed by atoms with Crippen LogP contribution in [0.4, 0.5) is 0 Å². The zero-order chi connectivity index (χ0) is 11.2. The number of fused-ring (bicyclic) bond motifs is 1. The Hall–Kier alpha value is -0.510. The molecule has 0 saturated carbocycles. The fourth-order valence-electron chi connectivity index (χ4n) is 2.10. The third-order valence-corrected chi connectivity index (χ3v) is 4.10. The van der Waals surface area contributed by atoms with Crippen molar-refractivity contribution < 1.29 is 0 Å². The first-order valence-corrected chi connectivity index (χ1v) is 7.05. The lowest BCUT2D eigenvalue weighted by atomic mass is 10.0. The number of benzene rings is 1. The summed E-state index contributed by atoms with van der Waals surface area (Å²) in [5, 5.41) is 3.64. The number of thioether (sulfide) groups is 1. The molecular weight excluding hydrogens is 216 g/mol. The molecule has 88 valence electrons. The first kappa shape index (κ1) is 12.0. The second kappa shape index (κ2) is 6.28. The normalized spacial score (nSPS) is 19.4. The van der Waals surface area contributed by atoms with E-state index >= 15 is 0 Å². The molecule has 1 heterocycles. The summed E-state index contributed by atoms with van der Waals surface area (Å²) >= 11 is 1.98. The predicted octanol–water partition coefficient (Wildman–Crippen LogP) is 2.55. The average Bonchev–Trinajstić information content (AvgIpc) is 2.35. The SMILES string of the molecule is NCCCCNC1CCSc2ccccc21. The quantitative estimate of drug-likeness (QED) is 0.772. The second-order valence-electron chi connectivity index (χ2n) is 4.18. The van der Waals surface area contributed by atoms with Gasteiger partial charge in [0.1, 0.15) is 0 Å². The molecule has 1 atom stereocenters. The van der Waals surface area contributed by atoms with E-state index in [2.05, 4.69) is 29.6 Å². The van der Waals surface area contributed by atoms with E-state index in [4.69, 9.17) is 5.73 Å². The summed E-state index contributed by atoms with van der Waals surface area (Å²) in [6.45, 7) is 1.89. The summed E-state index contributed by atoms with van der Waals surface area (Å²) in [7, 11) is 0. The molecule has 1 aromatic carbocycles. The Bertz CT molecular complexity index is 327. The average molecular weight is 236 g/mol. The second-order valence-corrected chi connectivity index (χ2v) is 5.31. The van der Waals surface area contributed by atoms with E-state index in [0.29, 0.717) is 6.04 Å². The van der Waals surface area contributed by atoms with Crippen molar-refractivity contribution in [1.29, 1.82) is 0 Å². The fraction of sp³-hybridized carbons (Fsp3) is 0.538. The van der Waals surface area contributed by atoms with E-state index in [9.17, 15) is 0 Å². The maximum Gasteiger partial charge on any atom is 0.0339 e. The van der Waals surface area contributed by atoms with Gasteiger partial charge >= 0.3 is 0 Å². The Morgan fingerprint density at radius 2 is 2.19 bits per heavy atom. The highest BCUT2D eigenvalue weighted by molar-refractivity contribution is 7.99. The highest BCUT2D eigenvalue weighted by atomic mass is 32.2. The highest BCUT2D eigenvalue weighted by Gasteiger charge is 2.18. The van der Waals surface area contributed by atoms with Gasteiger partial charge in [0.05, 0.1) is 0 Å². The van der Waals surface area contributed by atoms with Crippen molar-refractivity contribution in [2.75, 3.05) is 18.8 Å². The van der Waals surface area contributed by atoms with Crippen LogP contribution in [-0.4, -0.2) is 18.8 Å². The molecule has 1 aliphatic heterocycles. The van der Waals surface area contributed by atoms with Crippen molar-refractivity contribution in [2.24, 2.45) is 5.73 Å². The van der Waals surface area contributed by atoms with E-state index in [1.165, 1.54) is 29.1 Å². The number of rotatable bonds is 5. The lowest BCUT2D eigenvalue weighted by molar-refractivity contribution is 0.497. The standard InChI is InChI=1S/C13H20N2S/c14-8-3-4-9-15-12-7-10-16-13-6-2-1-5-11(12)13/h1-2,5-6,12,15H,3-4,7-10,14H2. The van der Waals surface area contributed by atoms with Crippen LogP contribution in [0, 0.1) is 0 Å². The zero-order valence-corrected chi connectivity index (χ0v) is 10.4. The van der Waals surface area contributed by atoms with Gasteiger partial charge in [-0.15, -0.1) is 11.8 Å². The minimum atomic E-state index is 0.551. The van der Waals surface area contributed by atoms with Crippen molar-refractivity contribution in [3.63, 3.8) is 0 Å². The molecule has 2 nitrogen and oxygen atoms in total. The molecule has 0 aliphatic carbocycles. The topological polar surface area (TPSA) is 38.0 Å². The van der Waals surface area contributed by atoms with E-state index in [1.807, 2.05) is 11.8 Å². The molecule has 0 spiro atoms. The van der Waals surface area contributed by atoms with Crippen LogP contribution in [0.5, 0.6) is 0 Å². The van der Waals surface area contributed by atoms with Crippen LogP contribution >= 0.6 is 11.8 Å². The molecule has 1 unspecified atom stereocenters. The van der Waals surface area contributed by atoms with Crippen LogP contribution in [0.2, 0.25) is 0 Å². The molecule has 0 bridgehead atoms. The largest absolute Gasteiger partial charge is 0.330 e. The molecule has 16 heavy (non-hydrogen) atoms. The van der Waals surface area contributed by atoms with Crippen molar-refractivity contribution in [2.45, 2.75) is 30.2 Å². The van der Waals surface area contributed by atoms with Gasteiger partial charge < -0.3 is 11.1 Å². The number of hydrogen-bond donors (Lipinski definition) is 2. The van der Waals surface area contributed by atoms with Crippen LogP contribution in [0.3, 0.4) is 0 Å². The number of nitrogens with one attached hydrogen (secondary N) is 1. The highest BCUT2D eigenvalue weighted by Crippen LogP contribution is 2.35. The van der Waals surface area contributed by atoms with E-state index in [-0.39, 0.29) is 0 Å². The summed E-state index contributed by atoms with van der Waals surface area (Å²) in [5.74, 6) is 1.23. The van der Waals surface area contributed by atoms with Gasteiger partial charge in [0.25, 0.3) is 0 Å². The monoisotopic (exact) mass is 236 g/mol. The van der Waals surface area contributed by atoms with Crippen molar-refractivity contribution in [3.05, 3.63) is 29.8 Å². The van der Waals surface area contributed by atoms with Crippen molar-refractivity contribution in [1.82, 2.24) is 5.32 Å². The van der Waals surface area contributed by atoms with E-state index in [1.54, 1.807) is 0 Å². The molecule has 3 heteroatoms. The molecule has 0 radical (unpaired) electrons. The maximum absolute atomic E-state index is 5.49. The van der Waals surface area contributed by atoms with Gasteiger partial charge in [-0.25, -0.2) is 0 Å². The predicted molar refractivity (Wildman–Crippen MR) is 70.8 cm³/mol. The lowest BCUT2D eigenvalue weighted by Crippen LogP contribution is -2.25. The van der Waals surface area contributed by atoms with Crippen LogP contribution in [0.1, 0.15) is 30.9 Å². The Morgan fingerprint density at radius 1 is 1.31 bits per heavy atom. The van der Waals surface area contributed by atoms with Crippen LogP contribution in [-0.2, 0) is 0 Å². The van der Waals surface area contributed by atoms with Crippen molar-refractivity contribution in [3.8, 4) is 0 Å². The van der Waals surface area contributed by atoms with Gasteiger partial charge in [0, 0.05) is 10.9 Å². The van der Waals surface area contributed by atoms with Gasteiger partial charge in [0.15, 0.2) is 0 Å². The molecule has 0 saturated heterocycles. The van der Waals surface area contributed by atoms with Gasteiger partial charge in [-0.05, 0) is 49.7 Å². The summed E-state index contributed by atoms with van der Waals surface area (Å²) in [4.78, 5) is 1.45. The number of nitrogens with two attached hydrogens (primary N) is 1. The molecule has 1 aromatic rings. The van der Waals surface area contributed by atoms with E-state index < -0.39 is 0 Å². The van der Waals surface area contributed by atoms with Gasteiger partial charge in [0.2, 0.25) is 0 Å². The number of unbranched alkanes of at least 4 members (excludes halogenated alkanes) is 1. The van der Waals surface area contributed by atoms with Crippen molar-refractivity contribution >= 4 is 11.8 Å². The van der Waals surface area contributed by atoms with Gasteiger partial charge in [-0.1, -0.05) is 18.2 Å². The Labute approximate surface area is 102 Å². The third-order valence-electron chi connectivity index (χ3n) is 2.98. The number of hydrogen-bond acceptors (Lipinski definition) is 3. The summed E-state index contributed by atoms with van der Waals surface area (Å²) in [6, 6.07) is 9.30. The smallest absolute Gasteiger partial charge is 0.0339 e. The molecule has 3 N–H and O–H groups in total. The van der Waals surface area contributed by atoms with Crippen LogP contribution < -0.4 is 11.1 Å². The first-order chi connectivity index (χ1) is 7.92. The van der Waals surface area contributed by atoms with E-state index in [0.717, 1.165) is 19.5 Å².